The molecule has 2 unspecified atom stereocenters. The number of hydrogen-bond acceptors (Lipinski definition) is 5. The summed E-state index contributed by atoms with van der Waals surface area (Å²) in [5.74, 6) is 0.493. The summed E-state index contributed by atoms with van der Waals surface area (Å²) < 4.78 is 5.55. The van der Waals surface area contributed by atoms with Crippen LogP contribution in [0, 0.1) is 16.0 Å². The van der Waals surface area contributed by atoms with Crippen LogP contribution in [-0.4, -0.2) is 48.7 Å². The first-order chi connectivity index (χ1) is 11.1. The van der Waals surface area contributed by atoms with Crippen LogP contribution < -0.4 is 5.32 Å². The predicted octanol–water partition coefficient (Wildman–Crippen LogP) is 3.16. The lowest BCUT2D eigenvalue weighted by molar-refractivity contribution is -0.383. The molecular weight excluding hydrogens is 318 g/mol. The fourth-order valence-electron chi connectivity index (χ4n) is 3.54. The van der Waals surface area contributed by atoms with Crippen molar-refractivity contribution in [2.24, 2.45) is 5.92 Å². The van der Waals surface area contributed by atoms with E-state index in [1.807, 2.05) is 0 Å². The molecular formula is C16H22ClN3O3. The summed E-state index contributed by atoms with van der Waals surface area (Å²) in [4.78, 5) is 13.3. The quantitative estimate of drug-likeness (QED) is 0.637. The standard InChI is InChI=1S/C16H22ClN3O3/c17-13-3-4-14(15(9-13)20(21)22)18-10-16(12-5-8-23-11-12)19-6-1-2-7-19/h3-4,9,12,16,18H,1-2,5-8,10-11H2. The van der Waals surface area contributed by atoms with Crippen LogP contribution in [-0.2, 0) is 4.74 Å². The molecule has 2 atom stereocenters. The third kappa shape index (κ3) is 3.94. The average molecular weight is 340 g/mol. The largest absolute Gasteiger partial charge is 0.381 e. The van der Waals surface area contributed by atoms with E-state index in [1.165, 1.54) is 18.9 Å². The Bertz CT molecular complexity index is 542. The highest BCUT2D eigenvalue weighted by Crippen LogP contribution is 2.29. The van der Waals surface area contributed by atoms with Gasteiger partial charge in [-0.2, -0.15) is 0 Å². The molecule has 0 amide bonds. The maximum Gasteiger partial charge on any atom is 0.293 e. The van der Waals surface area contributed by atoms with E-state index in [9.17, 15) is 10.1 Å². The molecule has 2 aliphatic rings. The van der Waals surface area contributed by atoms with Gasteiger partial charge < -0.3 is 10.1 Å². The van der Waals surface area contributed by atoms with Gasteiger partial charge in [0.1, 0.15) is 5.69 Å². The molecule has 0 aliphatic carbocycles. The van der Waals surface area contributed by atoms with Gasteiger partial charge in [0.2, 0.25) is 0 Å². The van der Waals surface area contributed by atoms with Crippen molar-refractivity contribution in [1.82, 2.24) is 4.90 Å². The molecule has 0 saturated carbocycles. The lowest BCUT2D eigenvalue weighted by atomic mass is 9.97. The van der Waals surface area contributed by atoms with Crippen molar-refractivity contribution >= 4 is 23.0 Å². The van der Waals surface area contributed by atoms with E-state index < -0.39 is 4.92 Å². The van der Waals surface area contributed by atoms with Crippen molar-refractivity contribution in [3.8, 4) is 0 Å². The molecule has 3 rings (SSSR count). The first-order valence-electron chi connectivity index (χ1n) is 8.15. The SMILES string of the molecule is O=[N+]([O-])c1cc(Cl)ccc1NCC(C1CCOC1)N1CCCC1. The minimum atomic E-state index is -0.391. The molecule has 0 aromatic heterocycles. The van der Waals surface area contributed by atoms with Gasteiger partial charge in [0, 0.05) is 36.2 Å². The number of nitrogens with one attached hydrogen (secondary N) is 1. The van der Waals surface area contributed by atoms with Gasteiger partial charge in [-0.05, 0) is 44.5 Å². The molecule has 1 aromatic rings. The van der Waals surface area contributed by atoms with Crippen LogP contribution in [0.2, 0.25) is 5.02 Å². The van der Waals surface area contributed by atoms with E-state index in [0.29, 0.717) is 29.2 Å². The second-order valence-electron chi connectivity index (χ2n) is 6.23. The summed E-state index contributed by atoms with van der Waals surface area (Å²) in [5, 5.41) is 14.9. The van der Waals surface area contributed by atoms with Gasteiger partial charge in [-0.25, -0.2) is 0 Å². The van der Waals surface area contributed by atoms with Crippen molar-refractivity contribution < 1.29 is 9.66 Å². The zero-order valence-corrected chi connectivity index (χ0v) is 13.8. The fourth-order valence-corrected chi connectivity index (χ4v) is 3.71. The molecule has 2 aliphatic heterocycles. The van der Waals surface area contributed by atoms with Crippen LogP contribution in [0.15, 0.2) is 18.2 Å². The van der Waals surface area contributed by atoms with E-state index in [4.69, 9.17) is 16.3 Å². The molecule has 7 heteroatoms. The Labute approximate surface area is 140 Å². The number of ether oxygens (including phenoxy) is 1. The number of rotatable bonds is 6. The van der Waals surface area contributed by atoms with E-state index in [-0.39, 0.29) is 5.69 Å². The number of nitrogens with zero attached hydrogens (tertiary/aromatic N) is 2. The summed E-state index contributed by atoms with van der Waals surface area (Å²) >= 11 is 5.87. The van der Waals surface area contributed by atoms with Crippen LogP contribution in [0.1, 0.15) is 19.3 Å². The summed E-state index contributed by atoms with van der Waals surface area (Å²) in [5.41, 5.74) is 0.558. The number of halogens is 1. The molecule has 126 valence electrons. The zero-order chi connectivity index (χ0) is 16.2. The Balaban J connectivity index is 1.72. The summed E-state index contributed by atoms with van der Waals surface area (Å²) in [6.45, 7) is 4.50. The maximum atomic E-state index is 11.2. The van der Waals surface area contributed by atoms with Crippen molar-refractivity contribution in [3.63, 3.8) is 0 Å². The Kier molecular flexibility index (Phi) is 5.35. The molecule has 0 bridgehead atoms. The molecule has 0 spiro atoms. The third-order valence-corrected chi connectivity index (χ3v) is 5.01. The molecule has 0 radical (unpaired) electrons. The molecule has 6 nitrogen and oxygen atoms in total. The monoisotopic (exact) mass is 339 g/mol. The van der Waals surface area contributed by atoms with Crippen LogP contribution >= 0.6 is 11.6 Å². The van der Waals surface area contributed by atoms with Gasteiger partial charge in [-0.1, -0.05) is 11.6 Å². The lowest BCUT2D eigenvalue weighted by Gasteiger charge is -2.32. The zero-order valence-electron chi connectivity index (χ0n) is 13.0. The highest BCUT2D eigenvalue weighted by molar-refractivity contribution is 6.30. The first kappa shape index (κ1) is 16.5. The van der Waals surface area contributed by atoms with Gasteiger partial charge >= 0.3 is 0 Å². The van der Waals surface area contributed by atoms with E-state index in [1.54, 1.807) is 12.1 Å². The van der Waals surface area contributed by atoms with Gasteiger partial charge in [-0.15, -0.1) is 0 Å². The Morgan fingerprint density at radius 1 is 1.43 bits per heavy atom. The minimum absolute atomic E-state index is 0.0281. The smallest absolute Gasteiger partial charge is 0.293 e. The van der Waals surface area contributed by atoms with Crippen LogP contribution in [0.4, 0.5) is 11.4 Å². The van der Waals surface area contributed by atoms with Crippen LogP contribution in [0.25, 0.3) is 0 Å². The number of hydrogen-bond donors (Lipinski definition) is 1. The molecule has 1 aromatic carbocycles. The van der Waals surface area contributed by atoms with E-state index in [2.05, 4.69) is 10.2 Å². The first-order valence-corrected chi connectivity index (χ1v) is 8.52. The van der Waals surface area contributed by atoms with Crippen molar-refractivity contribution in [2.75, 3.05) is 38.2 Å². The third-order valence-electron chi connectivity index (χ3n) is 4.78. The van der Waals surface area contributed by atoms with Gasteiger partial charge in [0.15, 0.2) is 0 Å². The highest BCUT2D eigenvalue weighted by atomic mass is 35.5. The molecule has 2 fully saturated rings. The average Bonchev–Trinajstić information content (AvgIpc) is 3.22. The fraction of sp³-hybridized carbons (Fsp3) is 0.625. The number of nitro groups is 1. The molecule has 1 N–H and O–H groups in total. The van der Waals surface area contributed by atoms with E-state index in [0.717, 1.165) is 32.7 Å². The Morgan fingerprint density at radius 3 is 2.87 bits per heavy atom. The Morgan fingerprint density at radius 2 is 2.22 bits per heavy atom. The topological polar surface area (TPSA) is 67.6 Å². The van der Waals surface area contributed by atoms with Gasteiger partial charge in [0.05, 0.1) is 11.5 Å². The highest BCUT2D eigenvalue weighted by Gasteiger charge is 2.32. The number of benzene rings is 1. The maximum absolute atomic E-state index is 11.2. The number of anilines is 1. The van der Waals surface area contributed by atoms with Crippen LogP contribution in [0.5, 0.6) is 0 Å². The molecule has 2 saturated heterocycles. The normalized spacial score (nSPS) is 23.1. The second-order valence-corrected chi connectivity index (χ2v) is 6.67. The second kappa shape index (κ2) is 7.47. The number of nitro benzene ring substituents is 1. The lowest BCUT2D eigenvalue weighted by Crippen LogP contribution is -2.44. The Hall–Kier alpha value is -1.37. The van der Waals surface area contributed by atoms with Crippen molar-refractivity contribution in [1.29, 1.82) is 0 Å². The minimum Gasteiger partial charge on any atom is -0.381 e. The van der Waals surface area contributed by atoms with Crippen molar-refractivity contribution in [3.05, 3.63) is 33.3 Å². The summed E-state index contributed by atoms with van der Waals surface area (Å²) in [6.07, 6.45) is 3.52. The van der Waals surface area contributed by atoms with Gasteiger partial charge in [0.25, 0.3) is 5.69 Å². The van der Waals surface area contributed by atoms with Crippen LogP contribution in [0.3, 0.4) is 0 Å². The molecule has 2 heterocycles. The molecule has 23 heavy (non-hydrogen) atoms. The van der Waals surface area contributed by atoms with Gasteiger partial charge in [-0.3, -0.25) is 15.0 Å². The van der Waals surface area contributed by atoms with E-state index >= 15 is 0 Å². The summed E-state index contributed by atoms with van der Waals surface area (Å²) in [7, 11) is 0. The number of likely N-dealkylation sites (tertiary alicyclic amines) is 1. The van der Waals surface area contributed by atoms with Crippen molar-refractivity contribution in [2.45, 2.75) is 25.3 Å². The predicted molar refractivity (Wildman–Crippen MR) is 90.1 cm³/mol. The summed E-state index contributed by atoms with van der Waals surface area (Å²) in [6, 6.07) is 5.12.